The van der Waals surface area contributed by atoms with E-state index in [4.69, 9.17) is 0 Å². The molecule has 0 aromatic heterocycles. The zero-order chi connectivity index (χ0) is 18.5. The minimum absolute atomic E-state index is 0.0511. The van der Waals surface area contributed by atoms with Gasteiger partial charge >= 0.3 is 0 Å². The predicted octanol–water partition coefficient (Wildman–Crippen LogP) is 5.19. The van der Waals surface area contributed by atoms with Crippen LogP contribution in [-0.2, 0) is 0 Å². The molecule has 0 aliphatic rings. The molecule has 3 aromatic carbocycles. The minimum Gasteiger partial charge on any atom is -0.207 e. The first kappa shape index (κ1) is 17.7. The third-order valence-electron chi connectivity index (χ3n) is 3.48. The van der Waals surface area contributed by atoms with E-state index < -0.39 is 11.6 Å². The highest BCUT2D eigenvalue weighted by atomic mass is 32.1. The van der Waals surface area contributed by atoms with E-state index >= 15 is 0 Å². The first-order valence-electron chi connectivity index (χ1n) is 7.59. The van der Waals surface area contributed by atoms with E-state index in [0.717, 1.165) is 4.90 Å². The largest absolute Gasteiger partial charge is 0.207 e. The summed E-state index contributed by atoms with van der Waals surface area (Å²) in [5, 5.41) is 0. The van der Waals surface area contributed by atoms with Crippen molar-refractivity contribution < 1.29 is 13.2 Å². The van der Waals surface area contributed by atoms with Crippen LogP contribution in [0, 0.1) is 41.1 Å². The van der Waals surface area contributed by atoms with Crippen LogP contribution in [0.1, 0.15) is 22.3 Å². The van der Waals surface area contributed by atoms with E-state index in [2.05, 4.69) is 36.3 Å². The maximum absolute atomic E-state index is 14.2. The fourth-order valence-corrected chi connectivity index (χ4v) is 2.25. The van der Waals surface area contributed by atoms with Crippen LogP contribution in [0.4, 0.5) is 13.2 Å². The van der Waals surface area contributed by atoms with Gasteiger partial charge in [-0.25, -0.2) is 13.2 Å². The Hall–Kier alpha value is -3.08. The number of hydrogen-bond donors (Lipinski definition) is 1. The van der Waals surface area contributed by atoms with Crippen LogP contribution in [0.25, 0.3) is 0 Å². The number of hydrogen-bond acceptors (Lipinski definition) is 1. The molecule has 0 atom stereocenters. The van der Waals surface area contributed by atoms with Gasteiger partial charge in [0.1, 0.15) is 5.82 Å². The Labute approximate surface area is 155 Å². The van der Waals surface area contributed by atoms with Crippen molar-refractivity contribution in [3.63, 3.8) is 0 Å². The molecule has 0 saturated heterocycles. The molecule has 0 amide bonds. The number of thiol groups is 1. The first-order valence-corrected chi connectivity index (χ1v) is 8.04. The van der Waals surface area contributed by atoms with Gasteiger partial charge in [-0.1, -0.05) is 23.7 Å². The van der Waals surface area contributed by atoms with Gasteiger partial charge in [0.25, 0.3) is 0 Å². The maximum atomic E-state index is 14.2. The molecule has 4 heteroatoms. The van der Waals surface area contributed by atoms with Crippen molar-refractivity contribution in [1.29, 1.82) is 0 Å². The highest BCUT2D eigenvalue weighted by molar-refractivity contribution is 7.80. The fraction of sp³-hybridized carbons (Fsp3) is 0. The second kappa shape index (κ2) is 7.87. The summed E-state index contributed by atoms with van der Waals surface area (Å²) >= 11 is 4.17. The molecule has 0 radical (unpaired) electrons. The SMILES string of the molecule is Fc1ccc(C#Cc2ccc(C#Cc3ccc(S)cc3)c(F)c2F)cc1. The molecule has 0 spiro atoms. The van der Waals surface area contributed by atoms with Crippen LogP contribution >= 0.6 is 12.6 Å². The highest BCUT2D eigenvalue weighted by Gasteiger charge is 2.10. The Morgan fingerprint density at radius 2 is 0.962 bits per heavy atom. The summed E-state index contributed by atoms with van der Waals surface area (Å²) in [5.41, 5.74) is 1.03. The Morgan fingerprint density at radius 3 is 1.42 bits per heavy atom. The van der Waals surface area contributed by atoms with Crippen molar-refractivity contribution in [1.82, 2.24) is 0 Å². The number of halogens is 3. The summed E-state index contributed by atoms with van der Waals surface area (Å²) in [7, 11) is 0. The fourth-order valence-electron chi connectivity index (χ4n) is 2.10. The summed E-state index contributed by atoms with van der Waals surface area (Å²) in [5.74, 6) is 8.12. The Balaban J connectivity index is 1.87. The van der Waals surface area contributed by atoms with Crippen molar-refractivity contribution in [2.24, 2.45) is 0 Å². The predicted molar refractivity (Wildman–Crippen MR) is 98.4 cm³/mol. The van der Waals surface area contributed by atoms with Crippen LogP contribution in [0.15, 0.2) is 65.6 Å². The van der Waals surface area contributed by atoms with E-state index in [0.29, 0.717) is 11.1 Å². The minimum atomic E-state index is -1.06. The Bertz CT molecular complexity index is 973. The first-order chi connectivity index (χ1) is 12.5. The van der Waals surface area contributed by atoms with Crippen LogP contribution in [0.5, 0.6) is 0 Å². The molecule has 0 fully saturated rings. The summed E-state index contributed by atoms with van der Waals surface area (Å²) in [4.78, 5) is 0.789. The topological polar surface area (TPSA) is 0 Å². The molecule has 0 heterocycles. The van der Waals surface area contributed by atoms with E-state index in [-0.39, 0.29) is 16.9 Å². The molecule has 26 heavy (non-hydrogen) atoms. The molecular weight excluding hydrogens is 353 g/mol. The third kappa shape index (κ3) is 4.30. The maximum Gasteiger partial charge on any atom is 0.175 e. The van der Waals surface area contributed by atoms with E-state index in [9.17, 15) is 13.2 Å². The van der Waals surface area contributed by atoms with Crippen LogP contribution < -0.4 is 0 Å². The molecule has 3 aromatic rings. The van der Waals surface area contributed by atoms with E-state index in [1.165, 1.54) is 36.4 Å². The van der Waals surface area contributed by atoms with Gasteiger partial charge < -0.3 is 0 Å². The molecule has 0 nitrogen and oxygen atoms in total. The smallest absolute Gasteiger partial charge is 0.175 e. The number of benzene rings is 3. The summed E-state index contributed by atoms with van der Waals surface area (Å²) in [6.45, 7) is 0. The average Bonchev–Trinajstić information content (AvgIpc) is 2.65. The van der Waals surface area contributed by atoms with Gasteiger partial charge in [0.15, 0.2) is 11.6 Å². The summed E-state index contributed by atoms with van der Waals surface area (Å²) in [6, 6.07) is 15.2. The monoisotopic (exact) mass is 364 g/mol. The van der Waals surface area contributed by atoms with Crippen LogP contribution in [-0.4, -0.2) is 0 Å². The molecule has 126 valence electrons. The van der Waals surface area contributed by atoms with Gasteiger partial charge in [-0.3, -0.25) is 0 Å². The van der Waals surface area contributed by atoms with Gasteiger partial charge in [0.05, 0.1) is 11.1 Å². The Kier molecular flexibility index (Phi) is 5.37. The van der Waals surface area contributed by atoms with E-state index in [1.54, 1.807) is 24.3 Å². The zero-order valence-electron chi connectivity index (χ0n) is 13.4. The summed E-state index contributed by atoms with van der Waals surface area (Å²) in [6.07, 6.45) is 0. The van der Waals surface area contributed by atoms with E-state index in [1.807, 2.05) is 0 Å². The van der Waals surface area contributed by atoms with Crippen molar-refractivity contribution in [2.45, 2.75) is 4.90 Å². The quantitative estimate of drug-likeness (QED) is 0.412. The Morgan fingerprint density at radius 1 is 0.538 bits per heavy atom. The second-order valence-corrected chi connectivity index (χ2v) is 5.86. The molecule has 0 N–H and O–H groups in total. The average molecular weight is 364 g/mol. The van der Waals surface area contributed by atoms with Crippen molar-refractivity contribution in [3.05, 3.63) is 100 Å². The lowest BCUT2D eigenvalue weighted by Gasteiger charge is -1.99. The van der Waals surface area contributed by atoms with Gasteiger partial charge in [0, 0.05) is 16.0 Å². The lowest BCUT2D eigenvalue weighted by Crippen LogP contribution is -1.94. The second-order valence-electron chi connectivity index (χ2n) is 5.34. The molecule has 0 unspecified atom stereocenters. The van der Waals surface area contributed by atoms with Crippen molar-refractivity contribution in [3.8, 4) is 23.7 Å². The molecule has 3 rings (SSSR count). The van der Waals surface area contributed by atoms with Crippen LogP contribution in [0.2, 0.25) is 0 Å². The van der Waals surface area contributed by atoms with Gasteiger partial charge in [-0.15, -0.1) is 12.6 Å². The highest BCUT2D eigenvalue weighted by Crippen LogP contribution is 2.16. The molecule has 0 bridgehead atoms. The van der Waals surface area contributed by atoms with Crippen molar-refractivity contribution in [2.75, 3.05) is 0 Å². The normalized spacial score (nSPS) is 9.69. The summed E-state index contributed by atoms with van der Waals surface area (Å²) < 4.78 is 41.2. The number of rotatable bonds is 0. The van der Waals surface area contributed by atoms with Gasteiger partial charge in [0.2, 0.25) is 0 Å². The molecule has 0 aliphatic carbocycles. The lowest BCUT2D eigenvalue weighted by atomic mass is 10.1. The molecule has 0 aliphatic heterocycles. The molecular formula is C22H11F3S. The van der Waals surface area contributed by atoms with Crippen LogP contribution in [0.3, 0.4) is 0 Å². The van der Waals surface area contributed by atoms with Crippen molar-refractivity contribution >= 4 is 12.6 Å². The lowest BCUT2D eigenvalue weighted by molar-refractivity contribution is 0.504. The zero-order valence-corrected chi connectivity index (χ0v) is 14.2. The van der Waals surface area contributed by atoms with Gasteiger partial charge in [-0.2, -0.15) is 0 Å². The van der Waals surface area contributed by atoms with Gasteiger partial charge in [-0.05, 0) is 60.7 Å². The standard InChI is InChI=1S/C22H11F3S/c23-19-11-3-15(4-12-19)1-7-17-9-10-18(22(25)21(17)24)8-2-16-5-13-20(26)14-6-16/h3-6,9-14,26H. The molecule has 0 saturated carbocycles. The third-order valence-corrected chi connectivity index (χ3v) is 3.77.